The molecule has 3 heteroatoms. The van der Waals surface area contributed by atoms with Gasteiger partial charge in [0.1, 0.15) is 0 Å². The molecule has 1 fully saturated rings. The molecule has 1 aliphatic rings. The number of likely N-dealkylation sites (N-methyl/N-ethyl adjacent to an activating group) is 1. The number of halogens is 2. The van der Waals surface area contributed by atoms with Gasteiger partial charge in [-0.2, -0.15) is 0 Å². The fourth-order valence-corrected chi connectivity index (χ4v) is 3.43. The minimum atomic E-state index is -0.763. The molecule has 0 amide bonds. The van der Waals surface area contributed by atoms with E-state index in [0.717, 1.165) is 30.9 Å². The number of hydrogen-bond acceptors (Lipinski definition) is 1. The first-order chi connectivity index (χ1) is 10.2. The first kappa shape index (κ1) is 16.4. The van der Waals surface area contributed by atoms with Gasteiger partial charge in [-0.1, -0.05) is 45.1 Å². The standard InChI is InChI=1S/C18H27F2N/c1-2-21-16(10-8-14-6-4-3-5-7-14)12-15-9-11-17(19)18(20)13-15/h9,11,13-14,16,21H,2-8,10,12H2,1H3. The van der Waals surface area contributed by atoms with Gasteiger partial charge in [-0.05, 0) is 49.4 Å². The molecular weight excluding hydrogens is 268 g/mol. The second-order valence-electron chi connectivity index (χ2n) is 6.29. The zero-order valence-corrected chi connectivity index (χ0v) is 13.0. The molecule has 0 radical (unpaired) electrons. The van der Waals surface area contributed by atoms with Crippen LogP contribution in [0.25, 0.3) is 0 Å². The van der Waals surface area contributed by atoms with Crippen LogP contribution in [-0.2, 0) is 6.42 Å². The Bertz CT molecular complexity index is 427. The molecule has 0 spiro atoms. The lowest BCUT2D eigenvalue weighted by molar-refractivity contribution is 0.313. The van der Waals surface area contributed by atoms with Crippen molar-refractivity contribution < 1.29 is 8.78 Å². The van der Waals surface area contributed by atoms with Crippen LogP contribution in [0, 0.1) is 17.6 Å². The lowest BCUT2D eigenvalue weighted by Crippen LogP contribution is -2.31. The highest BCUT2D eigenvalue weighted by Crippen LogP contribution is 2.28. The molecule has 0 heterocycles. The summed E-state index contributed by atoms with van der Waals surface area (Å²) in [5.74, 6) is -0.638. The fourth-order valence-electron chi connectivity index (χ4n) is 3.43. The van der Waals surface area contributed by atoms with E-state index >= 15 is 0 Å². The van der Waals surface area contributed by atoms with E-state index in [9.17, 15) is 8.78 Å². The summed E-state index contributed by atoms with van der Waals surface area (Å²) in [7, 11) is 0. The van der Waals surface area contributed by atoms with Crippen molar-refractivity contribution in [3.8, 4) is 0 Å². The summed E-state index contributed by atoms with van der Waals surface area (Å²) in [6.07, 6.45) is 10.0. The second kappa shape index (κ2) is 8.47. The lowest BCUT2D eigenvalue weighted by atomic mass is 9.84. The molecule has 1 nitrogen and oxygen atoms in total. The summed E-state index contributed by atoms with van der Waals surface area (Å²) in [6.45, 7) is 3.01. The maximum atomic E-state index is 13.3. The van der Waals surface area contributed by atoms with Crippen LogP contribution in [0.2, 0.25) is 0 Å². The first-order valence-corrected chi connectivity index (χ1v) is 8.36. The predicted octanol–water partition coefficient (Wildman–Crippen LogP) is 4.85. The van der Waals surface area contributed by atoms with Crippen molar-refractivity contribution in [2.24, 2.45) is 5.92 Å². The maximum absolute atomic E-state index is 13.3. The molecule has 1 aromatic rings. The molecule has 1 atom stereocenters. The molecule has 1 saturated carbocycles. The van der Waals surface area contributed by atoms with Gasteiger partial charge in [-0.15, -0.1) is 0 Å². The molecule has 118 valence electrons. The van der Waals surface area contributed by atoms with Gasteiger partial charge in [-0.25, -0.2) is 8.78 Å². The van der Waals surface area contributed by atoms with Crippen molar-refractivity contribution in [1.82, 2.24) is 5.32 Å². The highest BCUT2D eigenvalue weighted by Gasteiger charge is 2.16. The van der Waals surface area contributed by atoms with Gasteiger partial charge in [0.25, 0.3) is 0 Å². The van der Waals surface area contributed by atoms with Crippen molar-refractivity contribution in [2.75, 3.05) is 6.54 Å². The Morgan fingerprint density at radius 2 is 1.90 bits per heavy atom. The van der Waals surface area contributed by atoms with Crippen molar-refractivity contribution >= 4 is 0 Å². The molecule has 1 unspecified atom stereocenters. The number of benzene rings is 1. The summed E-state index contributed by atoms with van der Waals surface area (Å²) < 4.78 is 26.3. The monoisotopic (exact) mass is 295 g/mol. The third-order valence-electron chi connectivity index (χ3n) is 4.61. The van der Waals surface area contributed by atoms with E-state index in [4.69, 9.17) is 0 Å². The number of hydrogen-bond donors (Lipinski definition) is 1. The summed E-state index contributed by atoms with van der Waals surface area (Å²) in [5.41, 5.74) is 0.878. The predicted molar refractivity (Wildman–Crippen MR) is 83.3 cm³/mol. The van der Waals surface area contributed by atoms with Gasteiger partial charge >= 0.3 is 0 Å². The highest BCUT2D eigenvalue weighted by molar-refractivity contribution is 5.18. The Balaban J connectivity index is 1.86. The van der Waals surface area contributed by atoms with Crippen LogP contribution in [0.3, 0.4) is 0 Å². The van der Waals surface area contributed by atoms with E-state index in [0.29, 0.717) is 6.04 Å². The number of rotatable bonds is 7. The Labute approximate surface area is 127 Å². The van der Waals surface area contributed by atoms with Crippen LogP contribution >= 0.6 is 0 Å². The molecule has 1 N–H and O–H groups in total. The summed E-state index contributed by atoms with van der Waals surface area (Å²) in [5, 5.41) is 3.49. The molecule has 0 aromatic heterocycles. The summed E-state index contributed by atoms with van der Waals surface area (Å²) in [4.78, 5) is 0. The third-order valence-corrected chi connectivity index (χ3v) is 4.61. The molecule has 0 bridgehead atoms. The molecule has 0 aliphatic heterocycles. The zero-order chi connectivity index (χ0) is 15.1. The first-order valence-electron chi connectivity index (χ1n) is 8.36. The molecule has 1 aromatic carbocycles. The van der Waals surface area contributed by atoms with Gasteiger partial charge < -0.3 is 5.32 Å². The molecule has 1 aliphatic carbocycles. The number of nitrogens with one attached hydrogen (secondary N) is 1. The quantitative estimate of drug-likeness (QED) is 0.758. The average Bonchev–Trinajstić information content (AvgIpc) is 2.50. The summed E-state index contributed by atoms with van der Waals surface area (Å²) in [6, 6.07) is 4.63. The van der Waals surface area contributed by atoms with Gasteiger partial charge in [0.05, 0.1) is 0 Å². The minimum Gasteiger partial charge on any atom is -0.314 e. The van der Waals surface area contributed by atoms with Crippen LogP contribution in [0.5, 0.6) is 0 Å². The van der Waals surface area contributed by atoms with E-state index in [1.54, 1.807) is 6.07 Å². The fraction of sp³-hybridized carbons (Fsp3) is 0.667. The van der Waals surface area contributed by atoms with Gasteiger partial charge in [0, 0.05) is 6.04 Å². The Hall–Kier alpha value is -0.960. The minimum absolute atomic E-state index is 0.363. The van der Waals surface area contributed by atoms with Crippen LogP contribution in [0.4, 0.5) is 8.78 Å². The van der Waals surface area contributed by atoms with Crippen molar-refractivity contribution in [3.05, 3.63) is 35.4 Å². The molecular formula is C18H27F2N. The van der Waals surface area contributed by atoms with Crippen molar-refractivity contribution in [3.63, 3.8) is 0 Å². The molecule has 0 saturated heterocycles. The van der Waals surface area contributed by atoms with Gasteiger partial charge in [0.2, 0.25) is 0 Å². The summed E-state index contributed by atoms with van der Waals surface area (Å²) >= 11 is 0. The Morgan fingerprint density at radius 1 is 1.14 bits per heavy atom. The largest absolute Gasteiger partial charge is 0.314 e. The van der Waals surface area contributed by atoms with Crippen molar-refractivity contribution in [2.45, 2.75) is 64.3 Å². The van der Waals surface area contributed by atoms with E-state index in [1.165, 1.54) is 50.7 Å². The van der Waals surface area contributed by atoms with Crippen LogP contribution < -0.4 is 5.32 Å². The highest BCUT2D eigenvalue weighted by atomic mass is 19.2. The maximum Gasteiger partial charge on any atom is 0.159 e. The van der Waals surface area contributed by atoms with Crippen LogP contribution in [0.15, 0.2) is 18.2 Å². The van der Waals surface area contributed by atoms with Gasteiger partial charge in [-0.3, -0.25) is 0 Å². The van der Waals surface area contributed by atoms with Crippen molar-refractivity contribution in [1.29, 1.82) is 0 Å². The molecule has 21 heavy (non-hydrogen) atoms. The van der Waals surface area contributed by atoms with Gasteiger partial charge in [0.15, 0.2) is 11.6 Å². The smallest absolute Gasteiger partial charge is 0.159 e. The van der Waals surface area contributed by atoms with E-state index in [-0.39, 0.29) is 0 Å². The normalized spacial score (nSPS) is 17.9. The topological polar surface area (TPSA) is 12.0 Å². The zero-order valence-electron chi connectivity index (χ0n) is 13.0. The average molecular weight is 295 g/mol. The van der Waals surface area contributed by atoms with Crippen LogP contribution in [0.1, 0.15) is 57.4 Å². The van der Waals surface area contributed by atoms with E-state index in [1.807, 2.05) is 0 Å². The Morgan fingerprint density at radius 3 is 2.57 bits per heavy atom. The Kier molecular flexibility index (Phi) is 6.62. The lowest BCUT2D eigenvalue weighted by Gasteiger charge is -2.25. The van der Waals surface area contributed by atoms with E-state index in [2.05, 4.69) is 12.2 Å². The second-order valence-corrected chi connectivity index (χ2v) is 6.29. The SMILES string of the molecule is CCNC(CCC1CCCCC1)Cc1ccc(F)c(F)c1. The third kappa shape index (κ3) is 5.39. The molecule has 2 rings (SSSR count). The van der Waals surface area contributed by atoms with E-state index < -0.39 is 11.6 Å². The van der Waals surface area contributed by atoms with Crippen LogP contribution in [-0.4, -0.2) is 12.6 Å².